The molecule has 0 aliphatic heterocycles. The molecule has 0 fully saturated rings. The van der Waals surface area contributed by atoms with Crippen molar-refractivity contribution in [2.24, 2.45) is 10.7 Å². The lowest BCUT2D eigenvalue weighted by Crippen LogP contribution is -2.39. The van der Waals surface area contributed by atoms with E-state index in [1.54, 1.807) is 6.26 Å². The number of nitrogens with zero attached hydrogens (tertiary/aromatic N) is 4. The van der Waals surface area contributed by atoms with E-state index in [2.05, 4.69) is 15.1 Å². The summed E-state index contributed by atoms with van der Waals surface area (Å²) in [6, 6.07) is 1.01. The van der Waals surface area contributed by atoms with Gasteiger partial charge in [-0.1, -0.05) is 0 Å². The van der Waals surface area contributed by atoms with Crippen LogP contribution in [-0.4, -0.2) is 51.7 Å². The summed E-state index contributed by atoms with van der Waals surface area (Å²) in [5.41, 5.74) is -0.655. The average Bonchev–Trinajstić information content (AvgIpc) is 2.68. The highest BCUT2D eigenvalue weighted by molar-refractivity contribution is 7.98. The highest BCUT2D eigenvalue weighted by atomic mass is 32.2. The van der Waals surface area contributed by atoms with E-state index in [9.17, 15) is 39.9 Å². The fourth-order valence-electron chi connectivity index (χ4n) is 2.22. The predicted molar refractivity (Wildman–Crippen MR) is 99.8 cm³/mol. The van der Waals surface area contributed by atoms with Crippen LogP contribution in [-0.2, 0) is 6.18 Å². The molecule has 0 saturated heterocycles. The molecule has 2 aromatic rings. The zero-order valence-electron chi connectivity index (χ0n) is 15.8. The first-order chi connectivity index (χ1) is 14.7. The van der Waals surface area contributed by atoms with Crippen LogP contribution in [0.25, 0.3) is 11.2 Å². The molecule has 176 valence electrons. The monoisotopic (exact) mass is 491 g/mol. The molecular weight excluding hydrogens is 478 g/mol. The third-order valence-corrected chi connectivity index (χ3v) is 4.03. The van der Waals surface area contributed by atoms with Crippen molar-refractivity contribution in [2.45, 2.75) is 18.3 Å². The minimum absolute atomic E-state index is 0.0117. The quantitative estimate of drug-likeness (QED) is 0.363. The minimum atomic E-state index is -5.93. The molecule has 0 aliphatic carbocycles. The van der Waals surface area contributed by atoms with Crippen molar-refractivity contribution in [2.75, 3.05) is 18.7 Å². The topological polar surface area (TPSA) is 94.9 Å². The number of aromatic nitrogens is 3. The molecule has 32 heavy (non-hydrogen) atoms. The molecule has 2 N–H and O–H groups in total. The Bertz CT molecular complexity index is 1090. The van der Waals surface area contributed by atoms with Gasteiger partial charge in [0.05, 0.1) is 11.8 Å². The number of aliphatic imine (C=N–C) groups is 1. The number of alkyl halides is 8. The number of rotatable bonds is 7. The molecule has 0 amide bonds. The van der Waals surface area contributed by atoms with Gasteiger partial charge >= 0.3 is 18.3 Å². The van der Waals surface area contributed by atoms with Crippen LogP contribution in [0.2, 0.25) is 0 Å². The molecule has 0 aliphatic rings. The number of halogens is 8. The number of hydrogen-bond donors (Lipinski definition) is 1. The van der Waals surface area contributed by atoms with E-state index in [1.807, 2.05) is 0 Å². The second kappa shape index (κ2) is 9.30. The summed E-state index contributed by atoms with van der Waals surface area (Å²) < 4.78 is 109. The van der Waals surface area contributed by atoms with Crippen LogP contribution in [0.1, 0.15) is 11.3 Å². The van der Waals surface area contributed by atoms with Gasteiger partial charge in [0.1, 0.15) is 18.2 Å². The molecule has 0 spiro atoms. The first-order valence-electron chi connectivity index (χ1n) is 8.21. The number of hydrogen-bond acceptors (Lipinski definition) is 7. The van der Waals surface area contributed by atoms with Crippen LogP contribution in [0.15, 0.2) is 28.3 Å². The van der Waals surface area contributed by atoms with Gasteiger partial charge in [0.15, 0.2) is 11.3 Å². The molecule has 0 saturated carbocycles. The summed E-state index contributed by atoms with van der Waals surface area (Å²) in [5, 5.41) is 3.64. The Balaban J connectivity index is 2.61. The van der Waals surface area contributed by atoms with Gasteiger partial charge in [0.25, 0.3) is 5.56 Å². The highest BCUT2D eigenvalue weighted by Crippen LogP contribution is 2.36. The summed E-state index contributed by atoms with van der Waals surface area (Å²) in [7, 11) is 0. The number of fused-ring (bicyclic) bond motifs is 1. The second-order valence-corrected chi connectivity index (χ2v) is 6.76. The van der Waals surface area contributed by atoms with Crippen molar-refractivity contribution in [1.82, 2.24) is 14.6 Å². The van der Waals surface area contributed by atoms with Gasteiger partial charge in [-0.25, -0.2) is 4.98 Å². The van der Waals surface area contributed by atoms with Crippen LogP contribution in [0.4, 0.5) is 35.1 Å². The molecule has 0 aromatic carbocycles. The molecule has 16 heteroatoms. The Morgan fingerprint density at radius 3 is 2.44 bits per heavy atom. The molecular formula is C16H13F8N5O2S. The molecule has 2 heterocycles. The average molecular weight is 491 g/mol. The van der Waals surface area contributed by atoms with E-state index in [0.29, 0.717) is 10.7 Å². The van der Waals surface area contributed by atoms with Crippen molar-refractivity contribution in [1.29, 1.82) is 0 Å². The SMILES string of the molecule is CSCOc1cnn2c(=O)c(/C(C=NCC(F)(F)C(F)(F)F)=C/N)c(C(F)(F)F)nc2c1. The maximum absolute atomic E-state index is 13.6. The predicted octanol–water partition coefficient (Wildman–Crippen LogP) is 3.38. The summed E-state index contributed by atoms with van der Waals surface area (Å²) in [4.78, 5) is 18.8. The van der Waals surface area contributed by atoms with Gasteiger partial charge in [-0.3, -0.25) is 9.79 Å². The molecule has 0 unspecified atom stereocenters. The smallest absolute Gasteiger partial charge is 0.455 e. The van der Waals surface area contributed by atoms with Crippen molar-refractivity contribution in [3.8, 4) is 5.75 Å². The van der Waals surface area contributed by atoms with Gasteiger partial charge in [-0.05, 0) is 6.26 Å². The standard InChI is InChI=1S/C16H13F8N5O2S/c1-32-7-31-9-2-10-28-12(15(19,20)21)11(13(30)29(10)27-5-9)8(3-25)4-26-6-14(17,18)16(22,23)24/h2-5H,6-7,25H2,1H3/b8-3+,26-4?. The Morgan fingerprint density at radius 1 is 1.25 bits per heavy atom. The first-order valence-corrected chi connectivity index (χ1v) is 9.61. The largest absolute Gasteiger partial charge is 0.481 e. The number of thioether (sulfide) groups is 1. The fraction of sp³-hybridized carbons (Fsp3) is 0.375. The number of nitrogens with two attached hydrogens (primary N) is 1. The van der Waals surface area contributed by atoms with Crippen LogP contribution in [0.3, 0.4) is 0 Å². The Labute approximate surface area is 178 Å². The Kier molecular flexibility index (Phi) is 7.36. The van der Waals surface area contributed by atoms with Crippen LogP contribution >= 0.6 is 11.8 Å². The fourth-order valence-corrected chi connectivity index (χ4v) is 2.48. The lowest BCUT2D eigenvalue weighted by atomic mass is 10.1. The lowest BCUT2D eigenvalue weighted by Gasteiger charge is -2.17. The normalized spacial score (nSPS) is 13.8. The third kappa shape index (κ3) is 5.46. The zero-order valence-corrected chi connectivity index (χ0v) is 16.7. The highest BCUT2D eigenvalue weighted by Gasteiger charge is 2.57. The Hall–Kier alpha value is -2.91. The van der Waals surface area contributed by atoms with Gasteiger partial charge in [0, 0.05) is 24.1 Å². The molecule has 2 rings (SSSR count). The lowest BCUT2D eigenvalue weighted by molar-refractivity contribution is -0.276. The van der Waals surface area contributed by atoms with Crippen molar-refractivity contribution >= 4 is 29.2 Å². The van der Waals surface area contributed by atoms with E-state index in [-0.39, 0.29) is 17.9 Å². The second-order valence-electron chi connectivity index (χ2n) is 5.94. The van der Waals surface area contributed by atoms with Gasteiger partial charge < -0.3 is 10.5 Å². The van der Waals surface area contributed by atoms with E-state index in [0.717, 1.165) is 12.3 Å². The third-order valence-electron chi connectivity index (χ3n) is 3.67. The van der Waals surface area contributed by atoms with Crippen LogP contribution in [0.5, 0.6) is 5.75 Å². The molecule has 0 radical (unpaired) electrons. The van der Waals surface area contributed by atoms with Gasteiger partial charge in [-0.15, -0.1) is 11.8 Å². The van der Waals surface area contributed by atoms with E-state index in [4.69, 9.17) is 10.5 Å². The maximum atomic E-state index is 13.6. The van der Waals surface area contributed by atoms with E-state index < -0.39 is 52.9 Å². The van der Waals surface area contributed by atoms with Gasteiger partial charge in [-0.2, -0.15) is 44.7 Å². The van der Waals surface area contributed by atoms with Crippen molar-refractivity contribution in [3.05, 3.63) is 40.1 Å². The summed E-state index contributed by atoms with van der Waals surface area (Å²) in [6.45, 7) is -2.13. The number of allylic oxidation sites excluding steroid dienone is 1. The van der Waals surface area contributed by atoms with Crippen molar-refractivity contribution in [3.63, 3.8) is 0 Å². The molecule has 7 nitrogen and oxygen atoms in total. The summed E-state index contributed by atoms with van der Waals surface area (Å²) in [6.07, 6.45) is -7.85. The first kappa shape index (κ1) is 25.4. The van der Waals surface area contributed by atoms with Gasteiger partial charge in [0.2, 0.25) is 0 Å². The van der Waals surface area contributed by atoms with Crippen LogP contribution < -0.4 is 16.0 Å². The van der Waals surface area contributed by atoms with Crippen LogP contribution in [0, 0.1) is 0 Å². The minimum Gasteiger partial charge on any atom is -0.481 e. The van der Waals surface area contributed by atoms with E-state index >= 15 is 0 Å². The summed E-state index contributed by atoms with van der Waals surface area (Å²) in [5.74, 6) is -5.11. The zero-order chi connectivity index (χ0) is 24.3. The maximum Gasteiger partial charge on any atom is 0.455 e. The summed E-state index contributed by atoms with van der Waals surface area (Å²) >= 11 is 1.25. The molecule has 0 atom stereocenters. The number of ether oxygens (including phenoxy) is 1. The molecule has 0 bridgehead atoms. The van der Waals surface area contributed by atoms with Crippen molar-refractivity contribution < 1.29 is 39.9 Å². The van der Waals surface area contributed by atoms with E-state index in [1.165, 1.54) is 11.8 Å². The molecule has 2 aromatic heterocycles. The Morgan fingerprint density at radius 2 is 1.91 bits per heavy atom.